The number of halogens is 3. The first-order valence-electron chi connectivity index (χ1n) is 10.3. The number of aromatic amines is 1. The first kappa shape index (κ1) is 20.4. The third kappa shape index (κ3) is 3.58. The number of hydrogen-bond donors (Lipinski definition) is 2. The minimum absolute atomic E-state index is 0.00128. The van der Waals surface area contributed by atoms with Gasteiger partial charge in [-0.15, -0.1) is 0 Å². The number of H-pyrrole nitrogens is 1. The van der Waals surface area contributed by atoms with E-state index in [-0.39, 0.29) is 44.3 Å². The standard InChI is InChI=1S/C23H23F3N2O3/c24-17-9-14(31-8-7-29)10-18(25)20(17)22-21-16(15-3-1-2-4-19(15)27-21)5-6-28(22)11-23(26)12-30-13-23/h1-4,9-10,22,27,29H,5-8,11-13H2. The van der Waals surface area contributed by atoms with Crippen molar-refractivity contribution in [2.75, 3.05) is 39.5 Å². The van der Waals surface area contributed by atoms with Gasteiger partial charge in [0, 0.05) is 47.4 Å². The maximum absolute atomic E-state index is 15.2. The van der Waals surface area contributed by atoms with Gasteiger partial charge in [-0.1, -0.05) is 18.2 Å². The monoisotopic (exact) mass is 432 g/mol. The van der Waals surface area contributed by atoms with Gasteiger partial charge in [-0.2, -0.15) is 0 Å². The molecule has 164 valence electrons. The summed E-state index contributed by atoms with van der Waals surface area (Å²) in [6.45, 7) is 0.120. The summed E-state index contributed by atoms with van der Waals surface area (Å²) < 4.78 is 55.6. The Morgan fingerprint density at radius 2 is 1.94 bits per heavy atom. The molecule has 3 heterocycles. The number of ether oxygens (including phenoxy) is 2. The largest absolute Gasteiger partial charge is 0.491 e. The maximum atomic E-state index is 15.2. The van der Waals surface area contributed by atoms with Crippen molar-refractivity contribution in [1.82, 2.24) is 9.88 Å². The maximum Gasteiger partial charge on any atom is 0.169 e. The Labute approximate surface area is 177 Å². The molecule has 5 rings (SSSR count). The minimum atomic E-state index is -1.53. The lowest BCUT2D eigenvalue weighted by atomic mass is 9.90. The van der Waals surface area contributed by atoms with E-state index in [9.17, 15) is 4.39 Å². The number of aliphatic hydroxyl groups excluding tert-OH is 1. The molecule has 1 saturated heterocycles. The van der Waals surface area contributed by atoms with Gasteiger partial charge in [0.15, 0.2) is 5.67 Å². The quantitative estimate of drug-likeness (QED) is 0.626. The van der Waals surface area contributed by atoms with Crippen LogP contribution in [0.5, 0.6) is 5.75 Å². The van der Waals surface area contributed by atoms with Crippen molar-refractivity contribution in [3.63, 3.8) is 0 Å². The molecule has 2 aliphatic rings. The lowest BCUT2D eigenvalue weighted by molar-refractivity contribution is -0.144. The summed E-state index contributed by atoms with van der Waals surface area (Å²) in [6.07, 6.45) is 0.647. The van der Waals surface area contributed by atoms with E-state index < -0.39 is 23.3 Å². The average Bonchev–Trinajstić information content (AvgIpc) is 3.10. The van der Waals surface area contributed by atoms with E-state index in [0.717, 1.165) is 28.6 Å². The van der Waals surface area contributed by atoms with Crippen molar-refractivity contribution in [1.29, 1.82) is 0 Å². The van der Waals surface area contributed by atoms with Crippen molar-refractivity contribution in [3.8, 4) is 5.75 Å². The molecule has 3 aromatic rings. The fraction of sp³-hybridized carbons (Fsp3) is 0.391. The van der Waals surface area contributed by atoms with E-state index >= 15 is 8.78 Å². The zero-order valence-corrected chi connectivity index (χ0v) is 16.8. The second-order valence-electron chi connectivity index (χ2n) is 8.20. The Kier molecular flexibility index (Phi) is 5.16. The number of aliphatic hydroxyl groups is 1. The molecule has 2 N–H and O–H groups in total. The molecule has 1 unspecified atom stereocenters. The molecule has 1 fully saturated rings. The molecule has 0 spiro atoms. The number of nitrogens with zero attached hydrogens (tertiary/aromatic N) is 1. The normalized spacial score (nSPS) is 20.5. The van der Waals surface area contributed by atoms with E-state index in [1.54, 1.807) is 4.90 Å². The first-order valence-corrected chi connectivity index (χ1v) is 10.3. The molecule has 1 atom stereocenters. The zero-order chi connectivity index (χ0) is 21.6. The Bertz CT molecular complexity index is 1090. The molecule has 0 amide bonds. The number of para-hydroxylation sites is 1. The molecule has 0 radical (unpaired) electrons. The molecular weight excluding hydrogens is 409 g/mol. The number of aromatic nitrogens is 1. The second-order valence-corrected chi connectivity index (χ2v) is 8.20. The van der Waals surface area contributed by atoms with Gasteiger partial charge in [-0.25, -0.2) is 13.2 Å². The topological polar surface area (TPSA) is 57.7 Å². The van der Waals surface area contributed by atoms with Gasteiger partial charge in [0.05, 0.1) is 25.9 Å². The molecule has 31 heavy (non-hydrogen) atoms. The molecule has 0 aliphatic carbocycles. The van der Waals surface area contributed by atoms with Crippen molar-refractivity contribution >= 4 is 10.9 Å². The fourth-order valence-corrected chi connectivity index (χ4v) is 4.64. The van der Waals surface area contributed by atoms with Gasteiger partial charge in [-0.3, -0.25) is 4.90 Å². The fourth-order valence-electron chi connectivity index (χ4n) is 4.64. The van der Waals surface area contributed by atoms with Crippen LogP contribution in [0.15, 0.2) is 36.4 Å². The zero-order valence-electron chi connectivity index (χ0n) is 16.8. The highest BCUT2D eigenvalue weighted by Gasteiger charge is 2.44. The average molecular weight is 432 g/mol. The number of alkyl halides is 1. The summed E-state index contributed by atoms with van der Waals surface area (Å²) >= 11 is 0. The summed E-state index contributed by atoms with van der Waals surface area (Å²) in [6, 6.07) is 9.14. The lowest BCUT2D eigenvalue weighted by Crippen LogP contribution is -2.55. The van der Waals surface area contributed by atoms with Gasteiger partial charge in [0.25, 0.3) is 0 Å². The van der Waals surface area contributed by atoms with Gasteiger partial charge in [0.2, 0.25) is 0 Å². The van der Waals surface area contributed by atoms with Gasteiger partial charge in [-0.05, 0) is 18.1 Å². The van der Waals surface area contributed by atoms with Crippen LogP contribution in [0.4, 0.5) is 13.2 Å². The van der Waals surface area contributed by atoms with E-state index in [4.69, 9.17) is 14.6 Å². The van der Waals surface area contributed by atoms with E-state index in [0.29, 0.717) is 18.7 Å². The summed E-state index contributed by atoms with van der Waals surface area (Å²) in [5.74, 6) is -1.54. The molecule has 0 bridgehead atoms. The van der Waals surface area contributed by atoms with Crippen molar-refractivity contribution in [3.05, 3.63) is 64.9 Å². The van der Waals surface area contributed by atoms with E-state index in [2.05, 4.69) is 4.98 Å². The Hall–Kier alpha value is -2.55. The highest BCUT2D eigenvalue weighted by molar-refractivity contribution is 5.85. The van der Waals surface area contributed by atoms with Crippen molar-refractivity contribution < 1.29 is 27.8 Å². The summed E-state index contributed by atoms with van der Waals surface area (Å²) in [5, 5.41) is 9.91. The number of hydrogen-bond acceptors (Lipinski definition) is 4. The number of fused-ring (bicyclic) bond motifs is 3. The van der Waals surface area contributed by atoms with Crippen LogP contribution in [0.25, 0.3) is 10.9 Å². The summed E-state index contributed by atoms with van der Waals surface area (Å²) in [4.78, 5) is 5.11. The van der Waals surface area contributed by atoms with Gasteiger partial charge in [0.1, 0.15) is 24.0 Å². The molecule has 1 aromatic heterocycles. The predicted octanol–water partition coefficient (Wildman–Crippen LogP) is 3.50. The summed E-state index contributed by atoms with van der Waals surface area (Å²) in [7, 11) is 0. The lowest BCUT2D eigenvalue weighted by Gasteiger charge is -2.43. The molecule has 2 aromatic carbocycles. The number of benzene rings is 2. The van der Waals surface area contributed by atoms with Crippen LogP contribution in [0.3, 0.4) is 0 Å². The third-order valence-electron chi connectivity index (χ3n) is 6.03. The van der Waals surface area contributed by atoms with Crippen LogP contribution in [0, 0.1) is 11.6 Å². The van der Waals surface area contributed by atoms with Crippen molar-refractivity contribution in [2.45, 2.75) is 18.1 Å². The van der Waals surface area contributed by atoms with Crippen LogP contribution < -0.4 is 4.74 Å². The van der Waals surface area contributed by atoms with Crippen LogP contribution in [-0.2, 0) is 11.2 Å². The van der Waals surface area contributed by atoms with Gasteiger partial charge >= 0.3 is 0 Å². The second kappa shape index (κ2) is 7.85. The van der Waals surface area contributed by atoms with Crippen LogP contribution in [0.2, 0.25) is 0 Å². The summed E-state index contributed by atoms with van der Waals surface area (Å²) in [5.41, 5.74) is 0.878. The van der Waals surface area contributed by atoms with Gasteiger partial charge < -0.3 is 19.6 Å². The van der Waals surface area contributed by atoms with Crippen molar-refractivity contribution in [2.24, 2.45) is 0 Å². The van der Waals surface area contributed by atoms with E-state index in [1.165, 1.54) is 0 Å². The van der Waals surface area contributed by atoms with E-state index in [1.807, 2.05) is 24.3 Å². The number of rotatable bonds is 6. The highest BCUT2D eigenvalue weighted by Crippen LogP contribution is 2.42. The smallest absolute Gasteiger partial charge is 0.169 e. The molecular formula is C23H23F3N2O3. The third-order valence-corrected chi connectivity index (χ3v) is 6.03. The Morgan fingerprint density at radius 3 is 2.61 bits per heavy atom. The van der Waals surface area contributed by atoms with Crippen LogP contribution in [0.1, 0.15) is 22.9 Å². The molecule has 0 saturated carbocycles. The first-order chi connectivity index (χ1) is 15.0. The molecule has 8 heteroatoms. The molecule has 2 aliphatic heterocycles. The SMILES string of the molecule is OCCOc1cc(F)c(C2c3[nH]c4ccccc4c3CCN2CC2(F)COC2)c(F)c1. The highest BCUT2D eigenvalue weighted by atomic mass is 19.1. The molecule has 5 nitrogen and oxygen atoms in total. The predicted molar refractivity (Wildman–Crippen MR) is 109 cm³/mol. The Balaban J connectivity index is 1.62. The van der Waals surface area contributed by atoms with Crippen LogP contribution in [-0.4, -0.2) is 60.2 Å². The van der Waals surface area contributed by atoms with Crippen LogP contribution >= 0.6 is 0 Å². The minimum Gasteiger partial charge on any atom is -0.491 e. The number of nitrogens with one attached hydrogen (secondary N) is 1. The Morgan fingerprint density at radius 1 is 1.19 bits per heavy atom.